The number of aryl methyl sites for hydroxylation is 2. The minimum atomic E-state index is -3.37. The molecule has 0 saturated heterocycles. The number of hydrogen-bond acceptors (Lipinski definition) is 6. The van der Waals surface area contributed by atoms with Crippen LogP contribution in [0.15, 0.2) is 35.2 Å². The van der Waals surface area contributed by atoms with Gasteiger partial charge in [0.25, 0.3) is 5.91 Å². The van der Waals surface area contributed by atoms with Crippen LogP contribution < -0.4 is 5.32 Å². The van der Waals surface area contributed by atoms with Gasteiger partial charge in [-0.15, -0.1) is 11.3 Å². The zero-order valence-corrected chi connectivity index (χ0v) is 17.2. The van der Waals surface area contributed by atoms with Gasteiger partial charge in [-0.1, -0.05) is 26.3 Å². The van der Waals surface area contributed by atoms with Crippen LogP contribution in [-0.2, 0) is 32.2 Å². The van der Waals surface area contributed by atoms with E-state index in [4.69, 9.17) is 4.74 Å². The van der Waals surface area contributed by atoms with Gasteiger partial charge in [0.15, 0.2) is 16.4 Å². The number of benzene rings is 1. The molecule has 0 aliphatic rings. The molecule has 0 fully saturated rings. The van der Waals surface area contributed by atoms with Gasteiger partial charge in [0.2, 0.25) is 0 Å². The van der Waals surface area contributed by atoms with E-state index in [1.54, 1.807) is 6.07 Å². The fraction of sp³-hybridized carbons (Fsp3) is 0.368. The van der Waals surface area contributed by atoms with Crippen LogP contribution in [0.4, 0.5) is 5.69 Å². The Morgan fingerprint density at radius 1 is 1.19 bits per heavy atom. The Bertz CT molecular complexity index is 931. The molecular formula is C19H23NO5S2. The van der Waals surface area contributed by atoms with Gasteiger partial charge in [-0.05, 0) is 42.7 Å². The van der Waals surface area contributed by atoms with Gasteiger partial charge in [0, 0.05) is 16.8 Å². The molecule has 6 nitrogen and oxygen atoms in total. The number of carbonyl (C=O) groups excluding carboxylic acids is 2. The zero-order valence-electron chi connectivity index (χ0n) is 15.6. The summed E-state index contributed by atoms with van der Waals surface area (Å²) in [5.74, 6) is -1.06. The molecule has 0 saturated carbocycles. The number of anilines is 1. The van der Waals surface area contributed by atoms with E-state index in [-0.39, 0.29) is 4.90 Å². The molecule has 1 aromatic carbocycles. The number of rotatable bonds is 8. The lowest BCUT2D eigenvalue weighted by atomic mass is 10.1. The van der Waals surface area contributed by atoms with Crippen LogP contribution in [-0.4, -0.2) is 33.2 Å². The van der Waals surface area contributed by atoms with Crippen molar-refractivity contribution in [2.75, 3.05) is 18.2 Å². The maximum absolute atomic E-state index is 12.2. The van der Waals surface area contributed by atoms with Gasteiger partial charge in [-0.25, -0.2) is 13.2 Å². The number of ether oxygens (including phenoxy) is 1. The normalized spacial score (nSPS) is 11.2. The average Bonchev–Trinajstić information content (AvgIpc) is 3.02. The number of carbonyl (C=O) groups is 2. The molecule has 0 spiro atoms. The van der Waals surface area contributed by atoms with Crippen molar-refractivity contribution in [2.24, 2.45) is 0 Å². The second-order valence-corrected chi connectivity index (χ2v) is 9.24. The minimum absolute atomic E-state index is 0.103. The molecule has 1 heterocycles. The lowest BCUT2D eigenvalue weighted by molar-refractivity contribution is -0.119. The highest BCUT2D eigenvalue weighted by atomic mass is 32.2. The van der Waals surface area contributed by atoms with E-state index in [2.05, 4.69) is 12.2 Å². The van der Waals surface area contributed by atoms with Gasteiger partial charge < -0.3 is 10.1 Å². The number of esters is 1. The zero-order chi connectivity index (χ0) is 20.0. The molecular weight excluding hydrogens is 386 g/mol. The molecule has 8 heteroatoms. The summed E-state index contributed by atoms with van der Waals surface area (Å²) in [6, 6.07) is 7.73. The van der Waals surface area contributed by atoms with Crippen molar-refractivity contribution >= 4 is 38.7 Å². The SMILES string of the molecule is CCCc1sc(C(=O)OCC(=O)Nc2cccc(S(C)(=O)=O)c2)cc1CC. The molecule has 0 aliphatic carbocycles. The quantitative estimate of drug-likeness (QED) is 0.675. The Balaban J connectivity index is 1.96. The molecule has 1 N–H and O–H groups in total. The van der Waals surface area contributed by atoms with Crippen molar-refractivity contribution in [1.29, 1.82) is 0 Å². The first-order valence-corrected chi connectivity index (χ1v) is 11.3. The fourth-order valence-electron chi connectivity index (χ4n) is 2.51. The van der Waals surface area contributed by atoms with Crippen LogP contribution in [0.2, 0.25) is 0 Å². The second kappa shape index (κ2) is 9.14. The molecule has 2 aromatic rings. The van der Waals surface area contributed by atoms with Crippen molar-refractivity contribution in [3.63, 3.8) is 0 Å². The Labute approximate surface area is 163 Å². The van der Waals surface area contributed by atoms with Crippen LogP contribution in [0, 0.1) is 0 Å². The third kappa shape index (κ3) is 5.90. The summed E-state index contributed by atoms with van der Waals surface area (Å²) >= 11 is 1.40. The van der Waals surface area contributed by atoms with Gasteiger partial charge in [-0.2, -0.15) is 0 Å². The maximum atomic E-state index is 12.2. The van der Waals surface area contributed by atoms with Crippen molar-refractivity contribution < 1.29 is 22.7 Å². The van der Waals surface area contributed by atoms with E-state index in [1.807, 2.05) is 13.0 Å². The van der Waals surface area contributed by atoms with Crippen LogP contribution in [0.3, 0.4) is 0 Å². The highest BCUT2D eigenvalue weighted by Gasteiger charge is 2.16. The molecule has 0 aliphatic heterocycles. The molecule has 0 bridgehead atoms. The van der Waals surface area contributed by atoms with E-state index in [0.717, 1.165) is 31.1 Å². The van der Waals surface area contributed by atoms with E-state index >= 15 is 0 Å². The Kier molecular flexibility index (Phi) is 7.15. The van der Waals surface area contributed by atoms with Gasteiger partial charge in [-0.3, -0.25) is 4.79 Å². The molecule has 0 unspecified atom stereocenters. The highest BCUT2D eigenvalue weighted by molar-refractivity contribution is 7.90. The average molecular weight is 410 g/mol. The number of thiophene rings is 1. The lowest BCUT2D eigenvalue weighted by Crippen LogP contribution is -2.20. The first-order chi connectivity index (χ1) is 12.7. The fourth-order valence-corrected chi connectivity index (χ4v) is 4.42. The van der Waals surface area contributed by atoms with Crippen molar-refractivity contribution in [3.05, 3.63) is 45.6 Å². The number of hydrogen-bond donors (Lipinski definition) is 1. The molecule has 27 heavy (non-hydrogen) atoms. The summed E-state index contributed by atoms with van der Waals surface area (Å²) in [7, 11) is -3.37. The van der Waals surface area contributed by atoms with Crippen molar-refractivity contribution in [2.45, 2.75) is 38.0 Å². The monoisotopic (exact) mass is 409 g/mol. The standard InChI is InChI=1S/C19H23NO5S2/c1-4-7-16-13(5-2)10-17(26-16)19(22)25-12-18(21)20-14-8-6-9-15(11-14)27(3,23)24/h6,8-11H,4-5,7,12H2,1-3H3,(H,20,21). The Morgan fingerprint density at radius 3 is 2.56 bits per heavy atom. The maximum Gasteiger partial charge on any atom is 0.348 e. The summed E-state index contributed by atoms with van der Waals surface area (Å²) in [5.41, 5.74) is 1.46. The van der Waals surface area contributed by atoms with E-state index in [0.29, 0.717) is 10.6 Å². The van der Waals surface area contributed by atoms with Crippen molar-refractivity contribution in [3.8, 4) is 0 Å². The van der Waals surface area contributed by atoms with Crippen LogP contribution in [0.25, 0.3) is 0 Å². The summed E-state index contributed by atoms with van der Waals surface area (Å²) in [6.45, 7) is 3.68. The van der Waals surface area contributed by atoms with Crippen molar-refractivity contribution in [1.82, 2.24) is 0 Å². The number of amides is 1. The molecule has 0 radical (unpaired) electrons. The summed E-state index contributed by atoms with van der Waals surface area (Å²) in [5, 5.41) is 2.53. The number of sulfone groups is 1. The first-order valence-electron chi connectivity index (χ1n) is 8.63. The predicted octanol–water partition coefficient (Wildman–Crippen LogP) is 3.46. The molecule has 1 amide bonds. The lowest BCUT2D eigenvalue weighted by Gasteiger charge is -2.07. The Morgan fingerprint density at radius 2 is 1.93 bits per heavy atom. The van der Waals surface area contributed by atoms with E-state index in [9.17, 15) is 18.0 Å². The minimum Gasteiger partial charge on any atom is -0.451 e. The summed E-state index contributed by atoms with van der Waals surface area (Å²) in [6.07, 6.45) is 3.85. The van der Waals surface area contributed by atoms with Crippen LogP contribution in [0.1, 0.15) is 40.4 Å². The van der Waals surface area contributed by atoms with Gasteiger partial charge >= 0.3 is 5.97 Å². The first kappa shape index (κ1) is 21.1. The van der Waals surface area contributed by atoms with Gasteiger partial charge in [0.1, 0.15) is 4.88 Å². The molecule has 146 valence electrons. The topological polar surface area (TPSA) is 89.5 Å². The molecule has 2 rings (SSSR count). The summed E-state index contributed by atoms with van der Waals surface area (Å²) in [4.78, 5) is 26.0. The van der Waals surface area contributed by atoms with E-state index in [1.165, 1.54) is 34.4 Å². The van der Waals surface area contributed by atoms with E-state index < -0.39 is 28.3 Å². The number of nitrogens with one attached hydrogen (secondary N) is 1. The van der Waals surface area contributed by atoms with Crippen LogP contribution in [0.5, 0.6) is 0 Å². The largest absolute Gasteiger partial charge is 0.451 e. The third-order valence-electron chi connectivity index (χ3n) is 3.84. The predicted molar refractivity (Wildman–Crippen MR) is 106 cm³/mol. The highest BCUT2D eigenvalue weighted by Crippen LogP contribution is 2.25. The van der Waals surface area contributed by atoms with Gasteiger partial charge in [0.05, 0.1) is 4.90 Å². The smallest absolute Gasteiger partial charge is 0.348 e. The Hall–Kier alpha value is -2.19. The van der Waals surface area contributed by atoms with Crippen LogP contribution >= 0.6 is 11.3 Å². The third-order valence-corrected chi connectivity index (χ3v) is 6.16. The second-order valence-electron chi connectivity index (χ2n) is 6.09. The molecule has 1 aromatic heterocycles. The summed E-state index contributed by atoms with van der Waals surface area (Å²) < 4.78 is 28.2. The molecule has 0 atom stereocenters.